The molecule has 0 spiro atoms. The molecule has 4 heterocycles. The highest BCUT2D eigenvalue weighted by molar-refractivity contribution is 6.30. The van der Waals surface area contributed by atoms with Crippen LogP contribution in [0.3, 0.4) is 0 Å². The largest absolute Gasteiger partial charge is 0.455 e. The predicted molar refractivity (Wildman–Crippen MR) is 160 cm³/mol. The number of aromatic nitrogens is 2. The topological polar surface area (TPSA) is 30.4 Å². The third kappa shape index (κ3) is 2.71. The van der Waals surface area contributed by atoms with Crippen LogP contribution in [0.5, 0.6) is 0 Å². The molecular formula is C35H28N2O. The molecule has 8 rings (SSSR count). The molecule has 0 aliphatic carbocycles. The Morgan fingerprint density at radius 3 is 2.29 bits per heavy atom. The van der Waals surface area contributed by atoms with Crippen molar-refractivity contribution in [2.75, 3.05) is 0 Å². The van der Waals surface area contributed by atoms with Gasteiger partial charge in [0.15, 0.2) is 0 Å². The summed E-state index contributed by atoms with van der Waals surface area (Å²) in [5.74, 6) is 0.804. The van der Waals surface area contributed by atoms with Gasteiger partial charge in [-0.25, -0.2) is 0 Å². The summed E-state index contributed by atoms with van der Waals surface area (Å²) >= 11 is 0. The molecule has 184 valence electrons. The molecular weight excluding hydrogens is 464 g/mol. The first-order chi connectivity index (χ1) is 18.5. The lowest BCUT2D eigenvalue weighted by Crippen LogP contribution is -1.99. The van der Waals surface area contributed by atoms with E-state index in [0.717, 1.165) is 22.4 Å². The van der Waals surface area contributed by atoms with Gasteiger partial charge in [-0.2, -0.15) is 0 Å². The Balaban J connectivity index is 1.63. The smallest absolute Gasteiger partial charge is 0.145 e. The number of benzene rings is 4. The van der Waals surface area contributed by atoms with Crippen LogP contribution >= 0.6 is 0 Å². The quantitative estimate of drug-likeness (QED) is 0.246. The lowest BCUT2D eigenvalue weighted by Gasteiger charge is -2.18. The fourth-order valence-corrected chi connectivity index (χ4v) is 6.72. The minimum atomic E-state index is 0.397. The first-order valence-electron chi connectivity index (χ1n) is 13.5. The van der Waals surface area contributed by atoms with Gasteiger partial charge in [0.1, 0.15) is 11.2 Å². The third-order valence-electron chi connectivity index (χ3n) is 8.30. The van der Waals surface area contributed by atoms with Gasteiger partial charge in [0, 0.05) is 38.7 Å². The van der Waals surface area contributed by atoms with Gasteiger partial charge >= 0.3 is 0 Å². The van der Waals surface area contributed by atoms with Crippen molar-refractivity contribution in [3.8, 4) is 11.3 Å². The predicted octanol–water partition coefficient (Wildman–Crippen LogP) is 10.0. The van der Waals surface area contributed by atoms with Crippen molar-refractivity contribution in [3.05, 3.63) is 96.2 Å². The van der Waals surface area contributed by atoms with E-state index in [4.69, 9.17) is 4.42 Å². The molecule has 4 aromatic heterocycles. The SMILES string of the molecule is CC(C)c1cc2c3c4oc5ccccc5c4ccc3n3c4ccc(-c5ccccn5)cc4c(c1C(C)C)c23. The van der Waals surface area contributed by atoms with Crippen molar-refractivity contribution in [2.24, 2.45) is 0 Å². The maximum atomic E-state index is 6.57. The second kappa shape index (κ2) is 7.58. The van der Waals surface area contributed by atoms with Gasteiger partial charge in [0.25, 0.3) is 0 Å². The standard InChI is InChI=1S/C35H28N2O/c1-19(2)24-18-26-32-29(15-13-23-22-9-5-6-11-30(22)38-35(23)32)37-28-14-12-21(27-10-7-8-16-36-27)17-25(28)33(34(26)37)31(24)20(3)4/h5-20H,1-4H3. The molecule has 0 N–H and O–H groups in total. The van der Waals surface area contributed by atoms with Crippen LogP contribution in [0.4, 0.5) is 0 Å². The van der Waals surface area contributed by atoms with E-state index < -0.39 is 0 Å². The van der Waals surface area contributed by atoms with Gasteiger partial charge in [0.2, 0.25) is 0 Å². The minimum absolute atomic E-state index is 0.397. The zero-order chi connectivity index (χ0) is 25.7. The summed E-state index contributed by atoms with van der Waals surface area (Å²) in [5.41, 5.74) is 10.7. The first kappa shape index (κ1) is 21.7. The first-order valence-corrected chi connectivity index (χ1v) is 13.5. The van der Waals surface area contributed by atoms with Gasteiger partial charge in [-0.1, -0.05) is 58.0 Å². The zero-order valence-corrected chi connectivity index (χ0v) is 22.0. The van der Waals surface area contributed by atoms with Crippen molar-refractivity contribution in [1.82, 2.24) is 9.38 Å². The number of para-hydroxylation sites is 1. The highest BCUT2D eigenvalue weighted by atomic mass is 16.3. The summed E-state index contributed by atoms with van der Waals surface area (Å²) in [4.78, 5) is 4.65. The van der Waals surface area contributed by atoms with E-state index >= 15 is 0 Å². The van der Waals surface area contributed by atoms with E-state index in [0.29, 0.717) is 11.8 Å². The fraction of sp³-hybridized carbons (Fsp3) is 0.171. The second-order valence-corrected chi connectivity index (χ2v) is 11.2. The molecule has 38 heavy (non-hydrogen) atoms. The average Bonchev–Trinajstić information content (AvgIpc) is 3.58. The Morgan fingerprint density at radius 1 is 0.684 bits per heavy atom. The van der Waals surface area contributed by atoms with Crippen molar-refractivity contribution >= 4 is 60.0 Å². The average molecular weight is 493 g/mol. The van der Waals surface area contributed by atoms with Crippen LogP contribution in [0.25, 0.3) is 71.3 Å². The summed E-state index contributed by atoms with van der Waals surface area (Å²) in [5, 5.41) is 7.51. The van der Waals surface area contributed by atoms with Crippen LogP contribution in [0.15, 0.2) is 89.5 Å². The van der Waals surface area contributed by atoms with Crippen molar-refractivity contribution in [1.29, 1.82) is 0 Å². The Kier molecular flexibility index (Phi) is 4.33. The number of furan rings is 1. The number of hydrogen-bond acceptors (Lipinski definition) is 2. The molecule has 0 fully saturated rings. The van der Waals surface area contributed by atoms with E-state index in [2.05, 4.69) is 104 Å². The van der Waals surface area contributed by atoms with Crippen LogP contribution in [0.1, 0.15) is 50.7 Å². The highest BCUT2D eigenvalue weighted by Crippen LogP contribution is 2.48. The molecule has 0 amide bonds. The highest BCUT2D eigenvalue weighted by Gasteiger charge is 2.26. The van der Waals surface area contributed by atoms with Gasteiger partial charge < -0.3 is 8.82 Å². The van der Waals surface area contributed by atoms with E-state index in [1.165, 1.54) is 60.0 Å². The lowest BCUT2D eigenvalue weighted by molar-refractivity contribution is 0.673. The molecule has 0 aliphatic heterocycles. The molecule has 0 radical (unpaired) electrons. The molecule has 0 saturated carbocycles. The molecule has 0 saturated heterocycles. The Hall–Kier alpha value is -4.37. The molecule has 8 aromatic rings. The molecule has 0 atom stereocenters. The summed E-state index contributed by atoms with van der Waals surface area (Å²) < 4.78 is 9.04. The molecule has 4 aromatic carbocycles. The maximum Gasteiger partial charge on any atom is 0.145 e. The van der Waals surface area contributed by atoms with E-state index in [-0.39, 0.29) is 0 Å². The number of rotatable bonds is 3. The summed E-state index contributed by atoms with van der Waals surface area (Å²) in [6, 6.07) is 28.3. The van der Waals surface area contributed by atoms with E-state index in [1.54, 1.807) is 0 Å². The molecule has 0 aliphatic rings. The molecule has 3 heteroatoms. The zero-order valence-electron chi connectivity index (χ0n) is 22.0. The second-order valence-electron chi connectivity index (χ2n) is 11.2. The minimum Gasteiger partial charge on any atom is -0.455 e. The van der Waals surface area contributed by atoms with Gasteiger partial charge in [0.05, 0.1) is 27.6 Å². The van der Waals surface area contributed by atoms with Crippen LogP contribution < -0.4 is 0 Å². The number of hydrogen-bond donors (Lipinski definition) is 0. The fourth-order valence-electron chi connectivity index (χ4n) is 6.72. The molecule has 3 nitrogen and oxygen atoms in total. The van der Waals surface area contributed by atoms with Gasteiger partial charge in [-0.15, -0.1) is 0 Å². The molecule has 0 unspecified atom stereocenters. The van der Waals surface area contributed by atoms with Crippen LogP contribution in [0, 0.1) is 0 Å². The van der Waals surface area contributed by atoms with Gasteiger partial charge in [-0.3, -0.25) is 4.98 Å². The van der Waals surface area contributed by atoms with E-state index in [9.17, 15) is 0 Å². The van der Waals surface area contributed by atoms with E-state index in [1.807, 2.05) is 18.3 Å². The normalized spacial score (nSPS) is 12.7. The summed E-state index contributed by atoms with van der Waals surface area (Å²) in [6.45, 7) is 9.29. The maximum absolute atomic E-state index is 6.57. The monoisotopic (exact) mass is 492 g/mol. The Morgan fingerprint density at radius 2 is 1.50 bits per heavy atom. The Bertz CT molecular complexity index is 2180. The van der Waals surface area contributed by atoms with Crippen LogP contribution in [-0.2, 0) is 0 Å². The van der Waals surface area contributed by atoms with Crippen molar-refractivity contribution < 1.29 is 4.42 Å². The van der Waals surface area contributed by atoms with Crippen molar-refractivity contribution in [3.63, 3.8) is 0 Å². The van der Waals surface area contributed by atoms with Crippen molar-refractivity contribution in [2.45, 2.75) is 39.5 Å². The number of pyridine rings is 1. The Labute approximate surface area is 220 Å². The summed E-state index contributed by atoms with van der Waals surface area (Å²) in [6.07, 6.45) is 1.87. The van der Waals surface area contributed by atoms with Crippen LogP contribution in [-0.4, -0.2) is 9.38 Å². The van der Waals surface area contributed by atoms with Gasteiger partial charge in [-0.05, 0) is 71.5 Å². The summed E-state index contributed by atoms with van der Waals surface area (Å²) in [7, 11) is 0. The third-order valence-corrected chi connectivity index (χ3v) is 8.30. The number of fused-ring (bicyclic) bond motifs is 10. The van der Waals surface area contributed by atoms with Crippen LogP contribution in [0.2, 0.25) is 0 Å². The molecule has 0 bridgehead atoms. The lowest BCUT2D eigenvalue weighted by atomic mass is 9.85. The number of nitrogens with zero attached hydrogens (tertiary/aromatic N) is 2.